The van der Waals surface area contributed by atoms with Crippen molar-refractivity contribution in [2.45, 2.75) is 49.2 Å². The first-order chi connectivity index (χ1) is 14.7. The van der Waals surface area contributed by atoms with E-state index in [-0.39, 0.29) is 5.25 Å². The van der Waals surface area contributed by atoms with Gasteiger partial charge in [-0.05, 0) is 42.3 Å². The molecule has 1 unspecified atom stereocenters. The molecule has 0 saturated carbocycles. The van der Waals surface area contributed by atoms with Gasteiger partial charge in [0.05, 0.1) is 0 Å². The number of aliphatic carboxylic acids is 1. The second-order valence-corrected chi connectivity index (χ2v) is 8.63. The van der Waals surface area contributed by atoms with Gasteiger partial charge >= 0.3 is 5.97 Å². The minimum absolute atomic E-state index is 0.389. The highest BCUT2D eigenvalue weighted by Gasteiger charge is 2.18. The molecule has 0 saturated heterocycles. The fraction of sp³-hybridized carbons (Fsp3) is 0.269. The predicted molar refractivity (Wildman–Crippen MR) is 128 cm³/mol. The number of carbonyl (C=O) groups is 1. The molecule has 0 fully saturated rings. The zero-order valence-electron chi connectivity index (χ0n) is 17.4. The minimum atomic E-state index is -0.726. The Labute approximate surface area is 183 Å². The van der Waals surface area contributed by atoms with Crippen molar-refractivity contribution in [3.05, 3.63) is 78.9 Å². The summed E-state index contributed by atoms with van der Waals surface area (Å²) < 4.78 is 0. The van der Waals surface area contributed by atoms with E-state index in [4.69, 9.17) is 0 Å². The van der Waals surface area contributed by atoms with Crippen molar-refractivity contribution in [2.75, 3.05) is 5.32 Å². The summed E-state index contributed by atoms with van der Waals surface area (Å²) in [5, 5.41) is 12.7. The number of rotatable bonds is 11. The average Bonchev–Trinajstić information content (AvgIpc) is 2.78. The van der Waals surface area contributed by atoms with Crippen molar-refractivity contribution in [3.63, 3.8) is 0 Å². The van der Waals surface area contributed by atoms with E-state index in [2.05, 4.69) is 36.5 Å². The van der Waals surface area contributed by atoms with Gasteiger partial charge in [-0.15, -0.1) is 11.8 Å². The van der Waals surface area contributed by atoms with Gasteiger partial charge < -0.3 is 10.4 Å². The lowest BCUT2D eigenvalue weighted by Crippen LogP contribution is -2.16. The van der Waals surface area contributed by atoms with E-state index in [9.17, 15) is 9.90 Å². The van der Waals surface area contributed by atoms with Crippen LogP contribution >= 0.6 is 11.8 Å². The summed E-state index contributed by atoms with van der Waals surface area (Å²) in [7, 11) is 0. The fourth-order valence-corrected chi connectivity index (χ4v) is 4.39. The van der Waals surface area contributed by atoms with Crippen LogP contribution in [0.4, 0.5) is 11.4 Å². The molecule has 3 rings (SSSR count). The third kappa shape index (κ3) is 6.39. The number of nitrogens with one attached hydrogen (secondary N) is 1. The zero-order chi connectivity index (χ0) is 21.2. The first-order valence-electron chi connectivity index (χ1n) is 10.6. The highest BCUT2D eigenvalue weighted by molar-refractivity contribution is 8.00. The molecule has 0 heterocycles. The van der Waals surface area contributed by atoms with Gasteiger partial charge in [-0.25, -0.2) is 0 Å². The average molecular weight is 420 g/mol. The SMILES string of the molecule is CCCCCCC(Sc1ccc(Nc2ccccc2-c2ccccc2)cc1)C(=O)O. The maximum absolute atomic E-state index is 11.6. The number of benzene rings is 3. The molecule has 1 atom stereocenters. The Balaban J connectivity index is 1.66. The number of thioether (sulfide) groups is 1. The fourth-order valence-electron chi connectivity index (χ4n) is 3.39. The Bertz CT molecular complexity index is 925. The summed E-state index contributed by atoms with van der Waals surface area (Å²) >= 11 is 1.44. The van der Waals surface area contributed by atoms with Crippen LogP contribution < -0.4 is 5.32 Å². The molecule has 0 radical (unpaired) electrons. The third-order valence-corrected chi connectivity index (χ3v) is 6.29. The number of para-hydroxylation sites is 1. The summed E-state index contributed by atoms with van der Waals surface area (Å²) in [6.45, 7) is 2.16. The molecule has 30 heavy (non-hydrogen) atoms. The van der Waals surface area contributed by atoms with Crippen molar-refractivity contribution in [3.8, 4) is 11.1 Å². The third-order valence-electron chi connectivity index (χ3n) is 5.02. The van der Waals surface area contributed by atoms with Crippen LogP contribution in [0.3, 0.4) is 0 Å². The van der Waals surface area contributed by atoms with Crippen LogP contribution in [-0.4, -0.2) is 16.3 Å². The quantitative estimate of drug-likeness (QED) is 0.248. The number of anilines is 2. The van der Waals surface area contributed by atoms with Gasteiger partial charge in [0.15, 0.2) is 0 Å². The minimum Gasteiger partial charge on any atom is -0.480 e. The molecule has 3 aromatic rings. The first-order valence-corrected chi connectivity index (χ1v) is 11.5. The molecule has 0 aliphatic rings. The van der Waals surface area contributed by atoms with Gasteiger partial charge in [-0.2, -0.15) is 0 Å². The molecule has 2 N–H and O–H groups in total. The summed E-state index contributed by atoms with van der Waals surface area (Å²) in [6, 6.07) is 26.6. The van der Waals surface area contributed by atoms with Crippen LogP contribution in [-0.2, 0) is 4.79 Å². The van der Waals surface area contributed by atoms with Crippen molar-refractivity contribution in [2.24, 2.45) is 0 Å². The molecular weight excluding hydrogens is 390 g/mol. The molecule has 4 heteroatoms. The lowest BCUT2D eigenvalue weighted by Gasteiger charge is -2.14. The Kier molecular flexibility index (Phi) is 8.40. The Morgan fingerprint density at radius 2 is 1.60 bits per heavy atom. The molecule has 3 aromatic carbocycles. The summed E-state index contributed by atoms with van der Waals surface area (Å²) in [6.07, 6.45) is 5.11. The van der Waals surface area contributed by atoms with E-state index < -0.39 is 5.97 Å². The van der Waals surface area contributed by atoms with Crippen LogP contribution in [0.2, 0.25) is 0 Å². The normalized spacial score (nSPS) is 11.8. The monoisotopic (exact) mass is 419 g/mol. The first kappa shape index (κ1) is 22.0. The molecule has 0 aromatic heterocycles. The second-order valence-electron chi connectivity index (χ2n) is 7.36. The standard InChI is InChI=1S/C26H29NO2S/c1-2-3-4-8-15-25(26(28)29)30-22-18-16-21(17-19-22)27-24-14-10-9-13-23(24)20-11-6-5-7-12-20/h5-7,9-14,16-19,25,27H,2-4,8,15H2,1H3,(H,28,29). The van der Waals surface area contributed by atoms with Crippen LogP contribution in [0.25, 0.3) is 11.1 Å². The summed E-state index contributed by atoms with van der Waals surface area (Å²) in [4.78, 5) is 12.6. The Hall–Kier alpha value is -2.72. The van der Waals surface area contributed by atoms with Crippen LogP contribution in [0.15, 0.2) is 83.8 Å². The van der Waals surface area contributed by atoms with Crippen LogP contribution in [0.1, 0.15) is 39.0 Å². The Morgan fingerprint density at radius 1 is 0.900 bits per heavy atom. The van der Waals surface area contributed by atoms with E-state index >= 15 is 0 Å². The molecule has 0 amide bonds. The zero-order valence-corrected chi connectivity index (χ0v) is 18.2. The largest absolute Gasteiger partial charge is 0.480 e. The maximum Gasteiger partial charge on any atom is 0.316 e. The van der Waals surface area contributed by atoms with Crippen molar-refractivity contribution in [1.82, 2.24) is 0 Å². The number of hydrogen-bond acceptors (Lipinski definition) is 3. The van der Waals surface area contributed by atoms with Gasteiger partial charge in [0, 0.05) is 21.8 Å². The van der Waals surface area contributed by atoms with Crippen molar-refractivity contribution >= 4 is 29.1 Å². The van der Waals surface area contributed by atoms with Gasteiger partial charge in [-0.1, -0.05) is 81.1 Å². The summed E-state index contributed by atoms with van der Waals surface area (Å²) in [5.74, 6) is -0.726. The van der Waals surface area contributed by atoms with Crippen LogP contribution in [0.5, 0.6) is 0 Å². The lowest BCUT2D eigenvalue weighted by atomic mass is 10.0. The molecule has 0 aliphatic heterocycles. The predicted octanol–water partition coefficient (Wildman–Crippen LogP) is 7.61. The smallest absolute Gasteiger partial charge is 0.316 e. The second kappa shape index (κ2) is 11.5. The molecule has 0 bridgehead atoms. The van der Waals surface area contributed by atoms with E-state index in [0.29, 0.717) is 6.42 Å². The van der Waals surface area contributed by atoms with Crippen molar-refractivity contribution < 1.29 is 9.90 Å². The van der Waals surface area contributed by atoms with E-state index in [1.54, 1.807) is 0 Å². The molecule has 156 valence electrons. The Morgan fingerprint density at radius 3 is 2.30 bits per heavy atom. The van der Waals surface area contributed by atoms with Gasteiger partial charge in [0.25, 0.3) is 0 Å². The van der Waals surface area contributed by atoms with Gasteiger partial charge in [0.2, 0.25) is 0 Å². The van der Waals surface area contributed by atoms with E-state index in [1.165, 1.54) is 23.7 Å². The number of unbranched alkanes of at least 4 members (excludes halogenated alkanes) is 3. The van der Waals surface area contributed by atoms with Crippen molar-refractivity contribution in [1.29, 1.82) is 0 Å². The molecule has 3 nitrogen and oxygen atoms in total. The molecular formula is C26H29NO2S. The topological polar surface area (TPSA) is 49.3 Å². The molecule has 0 aliphatic carbocycles. The number of hydrogen-bond donors (Lipinski definition) is 2. The van der Waals surface area contributed by atoms with E-state index in [0.717, 1.165) is 41.1 Å². The highest BCUT2D eigenvalue weighted by Crippen LogP contribution is 2.32. The highest BCUT2D eigenvalue weighted by atomic mass is 32.2. The maximum atomic E-state index is 11.6. The van der Waals surface area contributed by atoms with E-state index in [1.807, 2.05) is 54.6 Å². The molecule has 0 spiro atoms. The lowest BCUT2D eigenvalue weighted by molar-refractivity contribution is -0.136. The number of carboxylic acid groups (broad SMARTS) is 1. The van der Waals surface area contributed by atoms with Crippen LogP contribution in [0, 0.1) is 0 Å². The summed E-state index contributed by atoms with van der Waals surface area (Å²) in [5.41, 5.74) is 4.34. The van der Waals surface area contributed by atoms with Gasteiger partial charge in [0.1, 0.15) is 5.25 Å². The van der Waals surface area contributed by atoms with Gasteiger partial charge in [-0.3, -0.25) is 4.79 Å². The number of carboxylic acids is 1.